The first-order valence-corrected chi connectivity index (χ1v) is 5.85. The van der Waals surface area contributed by atoms with E-state index in [4.69, 9.17) is 0 Å². The molecule has 1 rings (SSSR count). The second kappa shape index (κ2) is 6.38. The fourth-order valence-electron chi connectivity index (χ4n) is 1.95. The third-order valence-electron chi connectivity index (χ3n) is 2.82. The highest BCUT2D eigenvalue weighted by Gasteiger charge is 2.16. The first kappa shape index (κ1) is 12.0. The number of hydrogen-bond donors (Lipinski definition) is 1. The van der Waals surface area contributed by atoms with E-state index in [-0.39, 0.29) is 6.10 Å². The molecule has 0 spiro atoms. The Morgan fingerprint density at radius 3 is 2.21 bits per heavy atom. The van der Waals surface area contributed by atoms with Crippen LogP contribution in [-0.4, -0.2) is 60.3 Å². The van der Waals surface area contributed by atoms with Crippen molar-refractivity contribution in [1.82, 2.24) is 9.80 Å². The molecule has 84 valence electrons. The van der Waals surface area contributed by atoms with E-state index in [2.05, 4.69) is 16.7 Å². The molecule has 3 nitrogen and oxygen atoms in total. The monoisotopic (exact) mass is 200 g/mol. The number of aliphatic hydroxyl groups is 1. The molecule has 0 bridgehead atoms. The van der Waals surface area contributed by atoms with Crippen LogP contribution >= 0.6 is 0 Å². The van der Waals surface area contributed by atoms with E-state index in [9.17, 15) is 5.11 Å². The highest BCUT2D eigenvalue weighted by atomic mass is 16.3. The van der Waals surface area contributed by atoms with Crippen LogP contribution in [0.25, 0.3) is 0 Å². The predicted octanol–water partition coefficient (Wildman–Crippen LogP) is 0.785. The standard InChI is InChI=1S/C11H24N2O/c1-3-4-5-12-6-8-13(9-7-12)10-11(2)14/h11,14H,3-10H2,1-2H3. The molecular weight excluding hydrogens is 176 g/mol. The number of unbranched alkanes of at least 4 members (excludes halogenated alkanes) is 1. The molecule has 1 aliphatic rings. The quantitative estimate of drug-likeness (QED) is 0.710. The molecular formula is C11H24N2O. The molecule has 0 aromatic carbocycles. The fourth-order valence-corrected chi connectivity index (χ4v) is 1.95. The number of piperazine rings is 1. The summed E-state index contributed by atoms with van der Waals surface area (Å²) in [4.78, 5) is 4.88. The largest absolute Gasteiger partial charge is 0.392 e. The molecule has 0 aliphatic carbocycles. The minimum atomic E-state index is -0.183. The molecule has 14 heavy (non-hydrogen) atoms. The van der Waals surface area contributed by atoms with Gasteiger partial charge in [-0.3, -0.25) is 4.90 Å². The minimum absolute atomic E-state index is 0.183. The zero-order valence-electron chi connectivity index (χ0n) is 9.58. The summed E-state index contributed by atoms with van der Waals surface area (Å²) in [6, 6.07) is 0. The minimum Gasteiger partial charge on any atom is -0.392 e. The summed E-state index contributed by atoms with van der Waals surface area (Å²) >= 11 is 0. The molecule has 1 saturated heterocycles. The first-order valence-electron chi connectivity index (χ1n) is 5.85. The van der Waals surface area contributed by atoms with Crippen molar-refractivity contribution in [3.63, 3.8) is 0 Å². The molecule has 1 fully saturated rings. The normalized spacial score (nSPS) is 22.5. The maximum atomic E-state index is 9.26. The van der Waals surface area contributed by atoms with Gasteiger partial charge in [-0.05, 0) is 19.9 Å². The second-order valence-corrected chi connectivity index (χ2v) is 4.34. The van der Waals surface area contributed by atoms with Gasteiger partial charge in [0.05, 0.1) is 6.10 Å². The molecule has 0 aromatic heterocycles. The number of rotatable bonds is 5. The van der Waals surface area contributed by atoms with Gasteiger partial charge in [-0.15, -0.1) is 0 Å². The summed E-state index contributed by atoms with van der Waals surface area (Å²) in [6.07, 6.45) is 2.42. The van der Waals surface area contributed by atoms with E-state index in [1.807, 2.05) is 6.92 Å². The van der Waals surface area contributed by atoms with E-state index in [0.717, 1.165) is 19.6 Å². The van der Waals surface area contributed by atoms with Gasteiger partial charge in [0.2, 0.25) is 0 Å². The van der Waals surface area contributed by atoms with Gasteiger partial charge < -0.3 is 10.0 Å². The second-order valence-electron chi connectivity index (χ2n) is 4.34. The van der Waals surface area contributed by atoms with Crippen molar-refractivity contribution in [1.29, 1.82) is 0 Å². The van der Waals surface area contributed by atoms with Crippen molar-refractivity contribution < 1.29 is 5.11 Å². The number of β-amino-alcohol motifs (C(OH)–C–C–N with tert-alkyl or cyclic N) is 1. The fraction of sp³-hybridized carbons (Fsp3) is 1.00. The lowest BCUT2D eigenvalue weighted by Crippen LogP contribution is -2.48. The lowest BCUT2D eigenvalue weighted by Gasteiger charge is -2.35. The Morgan fingerprint density at radius 1 is 1.14 bits per heavy atom. The molecule has 1 aliphatic heterocycles. The SMILES string of the molecule is CCCCN1CCN(CC(C)O)CC1. The Balaban J connectivity index is 2.11. The topological polar surface area (TPSA) is 26.7 Å². The Kier molecular flexibility index (Phi) is 5.45. The van der Waals surface area contributed by atoms with Crippen LogP contribution in [0.4, 0.5) is 0 Å². The van der Waals surface area contributed by atoms with Gasteiger partial charge in [0.15, 0.2) is 0 Å². The Hall–Kier alpha value is -0.120. The van der Waals surface area contributed by atoms with E-state index in [0.29, 0.717) is 0 Å². The lowest BCUT2D eigenvalue weighted by atomic mass is 10.2. The molecule has 1 unspecified atom stereocenters. The van der Waals surface area contributed by atoms with Crippen LogP contribution in [0, 0.1) is 0 Å². The molecule has 1 atom stereocenters. The highest BCUT2D eigenvalue weighted by Crippen LogP contribution is 2.03. The Labute approximate surface area is 87.7 Å². The maximum Gasteiger partial charge on any atom is 0.0639 e. The molecule has 0 saturated carbocycles. The molecule has 0 radical (unpaired) electrons. The third-order valence-corrected chi connectivity index (χ3v) is 2.82. The maximum absolute atomic E-state index is 9.26. The van der Waals surface area contributed by atoms with Crippen LogP contribution in [-0.2, 0) is 0 Å². The Bertz CT molecular complexity index is 142. The van der Waals surface area contributed by atoms with Gasteiger partial charge in [-0.2, -0.15) is 0 Å². The van der Waals surface area contributed by atoms with Gasteiger partial charge in [-0.1, -0.05) is 13.3 Å². The van der Waals surface area contributed by atoms with Crippen LogP contribution < -0.4 is 0 Å². The van der Waals surface area contributed by atoms with Crippen LogP contribution in [0.1, 0.15) is 26.7 Å². The van der Waals surface area contributed by atoms with Crippen molar-refractivity contribution in [2.24, 2.45) is 0 Å². The first-order chi connectivity index (χ1) is 6.72. The van der Waals surface area contributed by atoms with Crippen LogP contribution in [0.15, 0.2) is 0 Å². The lowest BCUT2D eigenvalue weighted by molar-refractivity contribution is 0.0803. The van der Waals surface area contributed by atoms with E-state index in [1.54, 1.807) is 0 Å². The summed E-state index contributed by atoms with van der Waals surface area (Å²) in [6.45, 7) is 10.8. The summed E-state index contributed by atoms with van der Waals surface area (Å²) in [5.41, 5.74) is 0. The van der Waals surface area contributed by atoms with Crippen molar-refractivity contribution >= 4 is 0 Å². The summed E-state index contributed by atoms with van der Waals surface area (Å²) in [7, 11) is 0. The van der Waals surface area contributed by atoms with Crippen molar-refractivity contribution in [3.05, 3.63) is 0 Å². The van der Waals surface area contributed by atoms with E-state index < -0.39 is 0 Å². The van der Waals surface area contributed by atoms with Crippen molar-refractivity contribution in [2.75, 3.05) is 39.3 Å². The molecule has 3 heteroatoms. The number of nitrogens with zero attached hydrogens (tertiary/aromatic N) is 2. The van der Waals surface area contributed by atoms with Crippen LogP contribution in [0.3, 0.4) is 0 Å². The Morgan fingerprint density at radius 2 is 1.71 bits per heavy atom. The van der Waals surface area contributed by atoms with Gasteiger partial charge in [0.25, 0.3) is 0 Å². The van der Waals surface area contributed by atoms with Gasteiger partial charge in [-0.25, -0.2) is 0 Å². The zero-order valence-corrected chi connectivity index (χ0v) is 9.58. The van der Waals surface area contributed by atoms with E-state index >= 15 is 0 Å². The van der Waals surface area contributed by atoms with Crippen molar-refractivity contribution in [3.8, 4) is 0 Å². The zero-order chi connectivity index (χ0) is 10.4. The molecule has 0 amide bonds. The van der Waals surface area contributed by atoms with Gasteiger partial charge >= 0.3 is 0 Å². The van der Waals surface area contributed by atoms with E-state index in [1.165, 1.54) is 32.5 Å². The molecule has 1 heterocycles. The summed E-state index contributed by atoms with van der Waals surface area (Å²) in [5, 5.41) is 9.26. The number of aliphatic hydroxyl groups excluding tert-OH is 1. The van der Waals surface area contributed by atoms with Crippen LogP contribution in [0.5, 0.6) is 0 Å². The van der Waals surface area contributed by atoms with Crippen molar-refractivity contribution in [2.45, 2.75) is 32.8 Å². The average Bonchev–Trinajstić information content (AvgIpc) is 2.16. The summed E-state index contributed by atoms with van der Waals surface area (Å²) < 4.78 is 0. The van der Waals surface area contributed by atoms with Crippen LogP contribution in [0.2, 0.25) is 0 Å². The van der Waals surface area contributed by atoms with Gasteiger partial charge in [0, 0.05) is 32.7 Å². The van der Waals surface area contributed by atoms with Gasteiger partial charge in [0.1, 0.15) is 0 Å². The average molecular weight is 200 g/mol. The summed E-state index contributed by atoms with van der Waals surface area (Å²) in [5.74, 6) is 0. The highest BCUT2D eigenvalue weighted by molar-refractivity contribution is 4.72. The number of hydrogen-bond acceptors (Lipinski definition) is 3. The predicted molar refractivity (Wildman–Crippen MR) is 59.5 cm³/mol. The molecule has 1 N–H and O–H groups in total. The smallest absolute Gasteiger partial charge is 0.0639 e. The third kappa shape index (κ3) is 4.40. The molecule has 0 aromatic rings.